The highest BCUT2D eigenvalue weighted by Crippen LogP contribution is 2.43. The van der Waals surface area contributed by atoms with E-state index in [2.05, 4.69) is 58.1 Å². The fraction of sp³-hybridized carbons (Fsp3) is 0.750. The van der Waals surface area contributed by atoms with Gasteiger partial charge in [0.15, 0.2) is 6.10 Å². The summed E-state index contributed by atoms with van der Waals surface area (Å²) >= 11 is 0. The van der Waals surface area contributed by atoms with Crippen LogP contribution in [0, 0.1) is 13.8 Å². The second-order valence-electron chi connectivity index (χ2n) is 17.4. The number of esters is 2. The second-order valence-corrected chi connectivity index (χ2v) is 18.9. The van der Waals surface area contributed by atoms with Gasteiger partial charge in [0.25, 0.3) is 0 Å². The van der Waals surface area contributed by atoms with Gasteiger partial charge in [0.2, 0.25) is 0 Å². The van der Waals surface area contributed by atoms with Crippen molar-refractivity contribution in [3.63, 3.8) is 0 Å². The van der Waals surface area contributed by atoms with E-state index < -0.39 is 32.5 Å². The van der Waals surface area contributed by atoms with Crippen LogP contribution in [0.15, 0.2) is 40.9 Å². The number of aryl methyl sites for hydroxylation is 2. The molecule has 0 amide bonds. The Morgan fingerprint density at radius 3 is 1.92 bits per heavy atom. The molecule has 1 aromatic rings. The van der Waals surface area contributed by atoms with E-state index in [1.807, 2.05) is 27.2 Å². The van der Waals surface area contributed by atoms with Gasteiger partial charge >= 0.3 is 19.8 Å². The number of carbonyl (C=O) groups excluding carboxylic acids is 2. The number of ether oxygens (including phenoxy) is 3. The van der Waals surface area contributed by atoms with Crippen LogP contribution in [0.5, 0.6) is 0 Å². The van der Waals surface area contributed by atoms with Gasteiger partial charge in [-0.25, -0.2) is 4.57 Å². The number of likely N-dealkylation sites (N-methyl/N-ethyl adjacent to an activating group) is 1. The molecule has 3 unspecified atom stereocenters. The van der Waals surface area contributed by atoms with Crippen LogP contribution in [0.1, 0.15) is 165 Å². The van der Waals surface area contributed by atoms with Crippen molar-refractivity contribution in [2.24, 2.45) is 0 Å². The van der Waals surface area contributed by atoms with Crippen molar-refractivity contribution in [2.45, 2.75) is 187 Å². The Morgan fingerprint density at radius 2 is 1.25 bits per heavy atom. The number of phosphoric ester groups is 1. The van der Waals surface area contributed by atoms with E-state index >= 15 is 0 Å². The molecule has 1 aromatic heterocycles. The Kier molecular flexibility index (Phi) is 28.0. The van der Waals surface area contributed by atoms with Crippen molar-refractivity contribution in [3.05, 3.63) is 59.1 Å². The van der Waals surface area contributed by atoms with Crippen molar-refractivity contribution in [3.8, 4) is 0 Å². The van der Waals surface area contributed by atoms with Crippen LogP contribution in [0.25, 0.3) is 0 Å². The lowest BCUT2D eigenvalue weighted by Gasteiger charge is -2.24. The van der Waals surface area contributed by atoms with Crippen LogP contribution in [-0.4, -0.2) is 87.1 Å². The topological polar surface area (TPSA) is 134 Å². The first-order valence-electron chi connectivity index (χ1n) is 23.2. The minimum atomic E-state index is -4.41. The van der Waals surface area contributed by atoms with Gasteiger partial charge in [-0.1, -0.05) is 102 Å². The van der Waals surface area contributed by atoms with Gasteiger partial charge in [-0.2, -0.15) is 0 Å². The highest BCUT2D eigenvalue weighted by molar-refractivity contribution is 7.47. The number of nitrogens with zero attached hydrogens (tertiary/aromatic N) is 1. The van der Waals surface area contributed by atoms with Gasteiger partial charge in [0, 0.05) is 25.7 Å². The maximum atomic E-state index is 12.7. The van der Waals surface area contributed by atoms with Gasteiger partial charge < -0.3 is 28.0 Å². The number of hydrogen-bond acceptors (Lipinski definition) is 9. The first kappa shape index (κ1) is 53.6. The van der Waals surface area contributed by atoms with Gasteiger partial charge in [-0.05, 0) is 89.2 Å². The Labute approximate surface area is 363 Å². The van der Waals surface area contributed by atoms with Crippen molar-refractivity contribution >= 4 is 19.8 Å². The largest absolute Gasteiger partial charge is 0.472 e. The number of unbranched alkanes of at least 4 members (excludes halogenated alkanes) is 11. The lowest BCUT2D eigenvalue weighted by atomic mass is 10.0. The molecule has 1 N–H and O–H groups in total. The molecule has 344 valence electrons. The van der Waals surface area contributed by atoms with Crippen LogP contribution in [0.4, 0.5) is 0 Å². The maximum absolute atomic E-state index is 12.7. The average molecular weight is 865 g/mol. The van der Waals surface area contributed by atoms with Crippen molar-refractivity contribution in [1.29, 1.82) is 0 Å². The lowest BCUT2D eigenvalue weighted by molar-refractivity contribution is -0.870. The number of quaternary nitrogens is 1. The first-order chi connectivity index (χ1) is 28.7. The predicted molar refractivity (Wildman–Crippen MR) is 241 cm³/mol. The predicted octanol–water partition coefficient (Wildman–Crippen LogP) is 11.6. The Bertz CT molecular complexity index is 1460. The van der Waals surface area contributed by atoms with E-state index in [0.29, 0.717) is 42.5 Å². The Balaban J connectivity index is 1.67. The van der Waals surface area contributed by atoms with Crippen molar-refractivity contribution in [2.75, 3.05) is 47.5 Å². The fourth-order valence-electron chi connectivity index (χ4n) is 6.70. The molecule has 1 aliphatic heterocycles. The van der Waals surface area contributed by atoms with E-state index in [0.717, 1.165) is 82.1 Å². The monoisotopic (exact) mass is 865 g/mol. The summed E-state index contributed by atoms with van der Waals surface area (Å²) in [5, 5.41) is 0. The second kappa shape index (κ2) is 31.3. The summed E-state index contributed by atoms with van der Waals surface area (Å²) in [5.74, 6) is 1.37. The third-order valence-corrected chi connectivity index (χ3v) is 11.8. The van der Waals surface area contributed by atoms with E-state index in [4.69, 9.17) is 27.7 Å². The molecule has 2 heterocycles. The number of rotatable bonds is 37. The van der Waals surface area contributed by atoms with Gasteiger partial charge in [0.1, 0.15) is 31.3 Å². The smallest absolute Gasteiger partial charge is 0.466 e. The lowest BCUT2D eigenvalue weighted by Crippen LogP contribution is -2.37. The summed E-state index contributed by atoms with van der Waals surface area (Å²) in [6.45, 7) is 8.57. The Morgan fingerprint density at radius 1 is 0.700 bits per heavy atom. The van der Waals surface area contributed by atoms with Gasteiger partial charge in [0.05, 0.1) is 40.0 Å². The van der Waals surface area contributed by atoms with Crippen molar-refractivity contribution < 1.29 is 51.2 Å². The highest BCUT2D eigenvalue weighted by atomic mass is 31.2. The molecule has 0 radical (unpaired) electrons. The quantitative estimate of drug-likeness (QED) is 0.0172. The molecule has 1 fully saturated rings. The van der Waals surface area contributed by atoms with E-state index in [-0.39, 0.29) is 26.1 Å². The summed E-state index contributed by atoms with van der Waals surface area (Å²) in [6, 6.07) is 0. The highest BCUT2D eigenvalue weighted by Gasteiger charge is 2.36. The zero-order valence-electron chi connectivity index (χ0n) is 38.6. The minimum Gasteiger partial charge on any atom is -0.466 e. The first-order valence-corrected chi connectivity index (χ1v) is 24.7. The van der Waals surface area contributed by atoms with Gasteiger partial charge in [-0.3, -0.25) is 18.6 Å². The molecule has 0 aliphatic carbocycles. The normalized spacial score (nSPS) is 17.2. The molecule has 1 aliphatic rings. The summed E-state index contributed by atoms with van der Waals surface area (Å²) in [6.07, 6.45) is 33.4. The van der Waals surface area contributed by atoms with Crippen LogP contribution in [-0.2, 0) is 50.3 Å². The molecule has 0 spiro atoms. The summed E-state index contributed by atoms with van der Waals surface area (Å²) in [5.41, 5.74) is 2.60. The molecule has 2 rings (SSSR count). The van der Waals surface area contributed by atoms with Crippen molar-refractivity contribution in [1.82, 2.24) is 0 Å². The summed E-state index contributed by atoms with van der Waals surface area (Å²) in [4.78, 5) is 35.6. The molecular formula is C48H83NO10P+. The molecule has 1 saturated heterocycles. The molecule has 4 atom stereocenters. The van der Waals surface area contributed by atoms with Crippen LogP contribution < -0.4 is 0 Å². The number of carbonyl (C=O) groups is 2. The zero-order chi connectivity index (χ0) is 44.1. The number of furan rings is 1. The number of phosphoric acid groups is 1. The van der Waals surface area contributed by atoms with E-state index in [1.54, 1.807) is 0 Å². The average Bonchev–Trinajstić information content (AvgIpc) is 3.89. The zero-order valence-corrected chi connectivity index (χ0v) is 39.5. The standard InChI is InChI=1S/C48H82NO10P/c1-8-10-12-13-19-26-32-45-46(59-45)33-27-21-15-14-16-23-29-35-48(51)57-42(39-56-60(52,53)55-37-36-49(5,6)7)38-54-47(50)34-28-22-18-17-20-25-31-44-41(4)40(3)43(58-44)30-24-11-9-2/h14,16,19,21,26-27,42,45-46H,8-13,15,17-18,20,22-25,28-39H2,1-7H3/p+1/b16-14-,26-19-,27-21-/t42-,45?,46?/m1/s1. The molecule has 11 nitrogen and oxygen atoms in total. The number of epoxide rings is 1. The van der Waals surface area contributed by atoms with E-state index in [9.17, 15) is 19.0 Å². The summed E-state index contributed by atoms with van der Waals surface area (Å²) < 4.78 is 46.3. The van der Waals surface area contributed by atoms with Crippen LogP contribution >= 0.6 is 7.82 Å². The molecular weight excluding hydrogens is 781 g/mol. The van der Waals surface area contributed by atoms with Crippen LogP contribution in [0.3, 0.4) is 0 Å². The van der Waals surface area contributed by atoms with Gasteiger partial charge in [-0.15, -0.1) is 0 Å². The van der Waals surface area contributed by atoms with E-state index in [1.165, 1.54) is 49.7 Å². The molecule has 0 saturated carbocycles. The minimum absolute atomic E-state index is 0.00985. The molecule has 60 heavy (non-hydrogen) atoms. The SMILES string of the molecule is CCCCC/C=C\CC1OC1C/C=C\C/C=C\CCCC(=O)O[C@H](COC(=O)CCCCCCCCc1oc(CCCCC)c(C)c1C)COP(=O)(O)OCC[N+](C)(C)C. The number of hydrogen-bond donors (Lipinski definition) is 1. The molecule has 12 heteroatoms. The Hall–Kier alpha value is -2.53. The summed E-state index contributed by atoms with van der Waals surface area (Å²) in [7, 11) is 1.40. The third kappa shape index (κ3) is 26.7. The number of allylic oxidation sites excluding steroid dienone is 4. The third-order valence-electron chi connectivity index (χ3n) is 10.8. The molecule has 0 aromatic carbocycles. The van der Waals surface area contributed by atoms with Crippen LogP contribution in [0.2, 0.25) is 0 Å². The maximum Gasteiger partial charge on any atom is 0.472 e. The molecule has 0 bridgehead atoms. The fourth-order valence-corrected chi connectivity index (χ4v) is 7.44.